The minimum absolute atomic E-state index is 0.220. The highest BCUT2D eigenvalue weighted by Gasteiger charge is 2.01. The first kappa shape index (κ1) is 16.3. The van der Waals surface area contributed by atoms with Gasteiger partial charge in [0.25, 0.3) is 0 Å². The van der Waals surface area contributed by atoms with Gasteiger partial charge in [0.2, 0.25) is 0 Å². The summed E-state index contributed by atoms with van der Waals surface area (Å²) >= 11 is 0. The Balaban J connectivity index is 1.44. The van der Waals surface area contributed by atoms with Crippen molar-refractivity contribution in [1.29, 1.82) is 0 Å². The van der Waals surface area contributed by atoms with Crippen LogP contribution in [0.2, 0.25) is 0 Å². The van der Waals surface area contributed by atoms with Crippen molar-refractivity contribution in [2.75, 3.05) is 6.54 Å². The Morgan fingerprint density at radius 3 is 2.60 bits per heavy atom. The number of carbonyl (C=O) groups is 1. The van der Waals surface area contributed by atoms with Crippen LogP contribution in [0.3, 0.4) is 0 Å². The maximum Gasteiger partial charge on any atom is 0.408 e. The molecule has 2 aromatic carbocycles. The Hall–Kier alpha value is -3.52. The van der Waals surface area contributed by atoms with Crippen LogP contribution < -0.4 is 5.32 Å². The molecule has 0 radical (unpaired) electrons. The number of amides is 1. The van der Waals surface area contributed by atoms with E-state index < -0.39 is 6.09 Å². The summed E-state index contributed by atoms with van der Waals surface area (Å²) < 4.78 is 10.2. The van der Waals surface area contributed by atoms with E-state index in [-0.39, 0.29) is 13.2 Å². The van der Waals surface area contributed by atoms with Gasteiger partial charge in [-0.25, -0.2) is 4.79 Å². The van der Waals surface area contributed by atoms with E-state index in [1.807, 2.05) is 54.6 Å². The molecule has 0 aliphatic rings. The van der Waals surface area contributed by atoms with Crippen LogP contribution >= 0.6 is 0 Å². The van der Waals surface area contributed by atoms with Crippen LogP contribution in [0.25, 0.3) is 11.3 Å². The molecule has 3 aromatic rings. The molecule has 1 aromatic heterocycles. The number of nitrogens with one attached hydrogen (secondary N) is 1. The molecule has 1 amide bonds. The van der Waals surface area contributed by atoms with Gasteiger partial charge < -0.3 is 14.6 Å². The largest absolute Gasteiger partial charge is 0.445 e. The molecule has 1 heterocycles. The number of benzene rings is 2. The number of hydrogen-bond acceptors (Lipinski definition) is 4. The third-order valence-electron chi connectivity index (χ3n) is 3.37. The monoisotopic (exact) mass is 332 g/mol. The second-order valence-electron chi connectivity index (χ2n) is 5.17. The van der Waals surface area contributed by atoms with E-state index in [2.05, 4.69) is 22.3 Å². The Bertz CT molecular complexity index is 861. The molecule has 0 saturated carbocycles. The minimum atomic E-state index is -0.487. The average Bonchev–Trinajstić information content (AvgIpc) is 3.20. The number of hydrogen-bond donors (Lipinski definition) is 1. The van der Waals surface area contributed by atoms with Crippen LogP contribution in [-0.4, -0.2) is 17.8 Å². The molecule has 0 unspecified atom stereocenters. The standard InChI is InChI=1S/C20H16N2O3/c23-20(24-15-17-5-2-1-3-6-17)21-13-4-7-16-8-10-18(11-9-16)19-12-14-22-25-19/h1-3,5-6,8-12,14H,13,15H2,(H,21,23). The second kappa shape index (κ2) is 8.37. The first-order chi connectivity index (χ1) is 12.3. The fourth-order valence-corrected chi connectivity index (χ4v) is 2.12. The molecule has 5 heteroatoms. The molecule has 3 rings (SSSR count). The Labute approximate surface area is 145 Å². The Morgan fingerprint density at radius 1 is 1.08 bits per heavy atom. The molecule has 0 atom stereocenters. The van der Waals surface area contributed by atoms with E-state index in [0.717, 1.165) is 16.7 Å². The van der Waals surface area contributed by atoms with Crippen LogP contribution in [-0.2, 0) is 11.3 Å². The number of aromatic nitrogens is 1. The maximum absolute atomic E-state index is 11.6. The summed E-state index contributed by atoms with van der Waals surface area (Å²) in [5.74, 6) is 6.58. The summed E-state index contributed by atoms with van der Waals surface area (Å²) in [4.78, 5) is 11.6. The van der Waals surface area contributed by atoms with Gasteiger partial charge in [0.15, 0.2) is 5.76 Å². The quantitative estimate of drug-likeness (QED) is 0.741. The number of ether oxygens (including phenoxy) is 1. The van der Waals surface area contributed by atoms with Crippen molar-refractivity contribution < 1.29 is 14.1 Å². The number of alkyl carbamates (subject to hydrolysis) is 1. The molecule has 0 bridgehead atoms. The Morgan fingerprint density at radius 2 is 1.88 bits per heavy atom. The normalized spacial score (nSPS) is 9.76. The Kier molecular flexibility index (Phi) is 5.47. The molecule has 0 spiro atoms. The molecule has 25 heavy (non-hydrogen) atoms. The van der Waals surface area contributed by atoms with Crippen molar-refractivity contribution in [3.63, 3.8) is 0 Å². The van der Waals surface area contributed by atoms with Gasteiger partial charge in [-0.3, -0.25) is 0 Å². The molecule has 5 nitrogen and oxygen atoms in total. The number of nitrogens with zero attached hydrogens (tertiary/aromatic N) is 1. The van der Waals surface area contributed by atoms with Gasteiger partial charge in [-0.2, -0.15) is 0 Å². The van der Waals surface area contributed by atoms with Crippen LogP contribution in [0.1, 0.15) is 11.1 Å². The van der Waals surface area contributed by atoms with Crippen LogP contribution in [0.15, 0.2) is 71.4 Å². The van der Waals surface area contributed by atoms with E-state index in [0.29, 0.717) is 5.76 Å². The van der Waals surface area contributed by atoms with Crippen LogP contribution in [0.4, 0.5) is 4.79 Å². The lowest BCUT2D eigenvalue weighted by molar-refractivity contribution is 0.141. The molecule has 0 fully saturated rings. The third-order valence-corrected chi connectivity index (χ3v) is 3.37. The minimum Gasteiger partial charge on any atom is -0.445 e. The van der Waals surface area contributed by atoms with Crippen molar-refractivity contribution in [3.05, 3.63) is 78.0 Å². The van der Waals surface area contributed by atoms with Crippen molar-refractivity contribution in [2.24, 2.45) is 0 Å². The smallest absolute Gasteiger partial charge is 0.408 e. The van der Waals surface area contributed by atoms with Crippen molar-refractivity contribution in [3.8, 4) is 23.2 Å². The van der Waals surface area contributed by atoms with Crippen molar-refractivity contribution in [1.82, 2.24) is 10.5 Å². The van der Waals surface area contributed by atoms with Crippen molar-refractivity contribution >= 4 is 6.09 Å². The van der Waals surface area contributed by atoms with Crippen LogP contribution in [0, 0.1) is 11.8 Å². The molecular weight excluding hydrogens is 316 g/mol. The maximum atomic E-state index is 11.6. The van der Waals surface area contributed by atoms with E-state index >= 15 is 0 Å². The zero-order valence-corrected chi connectivity index (χ0v) is 13.4. The fourth-order valence-electron chi connectivity index (χ4n) is 2.12. The molecule has 124 valence electrons. The van der Waals surface area contributed by atoms with Gasteiger partial charge in [0.05, 0.1) is 12.7 Å². The summed E-state index contributed by atoms with van der Waals surface area (Å²) in [6.07, 6.45) is 1.12. The van der Waals surface area contributed by atoms with Gasteiger partial charge >= 0.3 is 6.09 Å². The summed E-state index contributed by atoms with van der Waals surface area (Å²) in [5.41, 5.74) is 2.73. The molecule has 0 aliphatic carbocycles. The number of carbonyl (C=O) groups excluding carboxylic acids is 1. The van der Waals surface area contributed by atoms with E-state index in [1.165, 1.54) is 0 Å². The lowest BCUT2D eigenvalue weighted by atomic mass is 10.1. The lowest BCUT2D eigenvalue weighted by Crippen LogP contribution is -2.24. The van der Waals surface area contributed by atoms with Gasteiger partial charge in [-0.15, -0.1) is 0 Å². The highest BCUT2D eigenvalue weighted by molar-refractivity contribution is 5.67. The predicted octanol–water partition coefficient (Wildman–Crippen LogP) is 3.62. The predicted molar refractivity (Wildman–Crippen MR) is 93.4 cm³/mol. The van der Waals surface area contributed by atoms with Gasteiger partial charge in [-0.1, -0.05) is 47.3 Å². The summed E-state index contributed by atoms with van der Waals surface area (Å²) in [6, 6.07) is 18.9. The van der Waals surface area contributed by atoms with Crippen molar-refractivity contribution in [2.45, 2.75) is 6.61 Å². The van der Waals surface area contributed by atoms with E-state index in [9.17, 15) is 4.79 Å². The SMILES string of the molecule is O=C(NCC#Cc1ccc(-c2ccno2)cc1)OCc1ccccc1. The van der Waals surface area contributed by atoms with Gasteiger partial charge in [0, 0.05) is 17.2 Å². The fraction of sp³-hybridized carbons (Fsp3) is 0.100. The van der Waals surface area contributed by atoms with Crippen LogP contribution in [0.5, 0.6) is 0 Å². The average molecular weight is 332 g/mol. The first-order valence-corrected chi connectivity index (χ1v) is 7.76. The lowest BCUT2D eigenvalue weighted by Gasteiger charge is -2.04. The topological polar surface area (TPSA) is 64.4 Å². The molecule has 0 aliphatic heterocycles. The highest BCUT2D eigenvalue weighted by Crippen LogP contribution is 2.18. The number of rotatable bonds is 4. The van der Waals surface area contributed by atoms with Gasteiger partial charge in [-0.05, 0) is 29.8 Å². The summed E-state index contributed by atoms with van der Waals surface area (Å²) in [6.45, 7) is 0.459. The molecular formula is C20H16N2O3. The second-order valence-corrected chi connectivity index (χ2v) is 5.17. The van der Waals surface area contributed by atoms with E-state index in [1.54, 1.807) is 12.3 Å². The zero-order valence-electron chi connectivity index (χ0n) is 13.4. The molecule has 1 N–H and O–H groups in total. The summed E-state index contributed by atoms with van der Waals surface area (Å²) in [5, 5.41) is 6.28. The third kappa shape index (κ3) is 4.98. The van der Waals surface area contributed by atoms with Gasteiger partial charge in [0.1, 0.15) is 6.61 Å². The zero-order chi connectivity index (χ0) is 17.3. The molecule has 0 saturated heterocycles. The first-order valence-electron chi connectivity index (χ1n) is 7.76. The summed E-state index contributed by atoms with van der Waals surface area (Å²) in [7, 11) is 0. The van der Waals surface area contributed by atoms with E-state index in [4.69, 9.17) is 9.26 Å². The highest BCUT2D eigenvalue weighted by atomic mass is 16.5.